The number of nitrogens with zero attached hydrogens (tertiary/aromatic N) is 2. The van der Waals surface area contributed by atoms with E-state index in [9.17, 15) is 4.79 Å². The maximum absolute atomic E-state index is 12.6. The van der Waals surface area contributed by atoms with E-state index in [1.165, 1.54) is 5.56 Å². The number of carbonyl (C=O) groups is 1. The fourth-order valence-electron chi connectivity index (χ4n) is 3.69. The molecule has 0 aromatic heterocycles. The third kappa shape index (κ3) is 6.17. The highest BCUT2D eigenvalue weighted by Crippen LogP contribution is 2.21. The first-order valence-corrected chi connectivity index (χ1v) is 10.8. The van der Waals surface area contributed by atoms with Gasteiger partial charge in [0, 0.05) is 44.8 Å². The van der Waals surface area contributed by atoms with Crippen LogP contribution in [0, 0.1) is 0 Å². The lowest BCUT2D eigenvalue weighted by atomic mass is 10.1. The van der Waals surface area contributed by atoms with Crippen molar-refractivity contribution < 1.29 is 9.53 Å². The molecule has 3 aromatic carbocycles. The Balaban J connectivity index is 1.29. The summed E-state index contributed by atoms with van der Waals surface area (Å²) in [6.45, 7) is 5.90. The van der Waals surface area contributed by atoms with E-state index in [0.29, 0.717) is 17.9 Å². The van der Waals surface area contributed by atoms with Crippen LogP contribution in [0.2, 0.25) is 0 Å². The van der Waals surface area contributed by atoms with Gasteiger partial charge in [-0.15, -0.1) is 0 Å². The van der Waals surface area contributed by atoms with Crippen LogP contribution in [0.3, 0.4) is 0 Å². The van der Waals surface area contributed by atoms with Crippen molar-refractivity contribution in [1.82, 2.24) is 15.1 Å². The molecule has 5 nitrogen and oxygen atoms in total. The van der Waals surface area contributed by atoms with Gasteiger partial charge >= 0.3 is 0 Å². The summed E-state index contributed by atoms with van der Waals surface area (Å²) in [6.07, 6.45) is 0. The highest BCUT2D eigenvalue weighted by atomic mass is 16.5. The second-order valence-corrected chi connectivity index (χ2v) is 8.02. The third-order valence-electron chi connectivity index (χ3n) is 5.54. The van der Waals surface area contributed by atoms with Gasteiger partial charge in [-0.05, 0) is 54.6 Å². The van der Waals surface area contributed by atoms with Crippen LogP contribution >= 0.6 is 0 Å². The van der Waals surface area contributed by atoms with Gasteiger partial charge in [0.1, 0.15) is 11.5 Å². The molecule has 0 radical (unpaired) electrons. The molecule has 0 atom stereocenters. The molecule has 1 amide bonds. The summed E-state index contributed by atoms with van der Waals surface area (Å²) < 4.78 is 5.79. The van der Waals surface area contributed by atoms with Crippen molar-refractivity contribution in [3.8, 4) is 11.5 Å². The molecule has 1 aliphatic rings. The normalized spacial score (nSPS) is 14.9. The Bertz CT molecular complexity index is 981. The first-order chi connectivity index (χ1) is 15.2. The van der Waals surface area contributed by atoms with Crippen LogP contribution in [-0.4, -0.2) is 48.9 Å². The molecule has 160 valence electrons. The lowest BCUT2D eigenvalue weighted by molar-refractivity contribution is 0.0951. The lowest BCUT2D eigenvalue weighted by Crippen LogP contribution is -2.43. The van der Waals surface area contributed by atoms with Gasteiger partial charge in [-0.3, -0.25) is 9.69 Å². The van der Waals surface area contributed by atoms with Gasteiger partial charge in [0.25, 0.3) is 5.91 Å². The number of amides is 1. The molecule has 0 unspecified atom stereocenters. The van der Waals surface area contributed by atoms with E-state index in [2.05, 4.69) is 46.4 Å². The number of piperazine rings is 1. The molecular weight excluding hydrogens is 386 g/mol. The highest BCUT2D eigenvalue weighted by molar-refractivity contribution is 5.94. The van der Waals surface area contributed by atoms with E-state index in [1.54, 1.807) is 12.1 Å². The molecule has 1 saturated heterocycles. The van der Waals surface area contributed by atoms with E-state index in [4.69, 9.17) is 4.74 Å². The highest BCUT2D eigenvalue weighted by Gasteiger charge is 2.14. The van der Waals surface area contributed by atoms with Gasteiger partial charge < -0.3 is 15.0 Å². The number of rotatable bonds is 7. The van der Waals surface area contributed by atoms with Crippen molar-refractivity contribution in [3.63, 3.8) is 0 Å². The van der Waals surface area contributed by atoms with Crippen molar-refractivity contribution in [3.05, 3.63) is 95.6 Å². The average Bonchev–Trinajstić information content (AvgIpc) is 2.80. The van der Waals surface area contributed by atoms with Crippen LogP contribution in [0.5, 0.6) is 11.5 Å². The minimum absolute atomic E-state index is 0.0873. The Morgan fingerprint density at radius 1 is 0.839 bits per heavy atom. The van der Waals surface area contributed by atoms with Gasteiger partial charge in [0.2, 0.25) is 0 Å². The number of nitrogens with one attached hydrogen (secondary N) is 1. The smallest absolute Gasteiger partial charge is 0.251 e. The molecule has 5 heteroatoms. The van der Waals surface area contributed by atoms with Crippen molar-refractivity contribution in [2.75, 3.05) is 33.2 Å². The summed E-state index contributed by atoms with van der Waals surface area (Å²) in [5.74, 6) is 1.39. The van der Waals surface area contributed by atoms with Gasteiger partial charge in [-0.25, -0.2) is 0 Å². The van der Waals surface area contributed by atoms with Gasteiger partial charge in [-0.2, -0.15) is 0 Å². The first kappa shape index (κ1) is 21.1. The summed E-state index contributed by atoms with van der Waals surface area (Å²) in [5, 5.41) is 3.02. The van der Waals surface area contributed by atoms with Crippen molar-refractivity contribution in [2.45, 2.75) is 13.1 Å². The topological polar surface area (TPSA) is 44.8 Å². The van der Waals surface area contributed by atoms with E-state index in [-0.39, 0.29) is 5.91 Å². The minimum atomic E-state index is -0.0873. The molecular formula is C26H29N3O2. The maximum atomic E-state index is 12.6. The molecule has 4 rings (SSSR count). The Hall–Kier alpha value is -3.15. The van der Waals surface area contributed by atoms with Crippen molar-refractivity contribution >= 4 is 5.91 Å². The molecule has 0 saturated carbocycles. The summed E-state index contributed by atoms with van der Waals surface area (Å²) in [7, 11) is 2.17. The summed E-state index contributed by atoms with van der Waals surface area (Å²) in [5.41, 5.74) is 3.02. The number of hydrogen-bond acceptors (Lipinski definition) is 4. The van der Waals surface area contributed by atoms with Gasteiger partial charge in [0.05, 0.1) is 0 Å². The second-order valence-electron chi connectivity index (χ2n) is 8.02. The van der Waals surface area contributed by atoms with Crippen LogP contribution in [0.1, 0.15) is 21.5 Å². The number of carbonyl (C=O) groups excluding carboxylic acids is 1. The molecule has 1 N–H and O–H groups in total. The summed E-state index contributed by atoms with van der Waals surface area (Å²) in [6, 6.07) is 25.3. The molecule has 0 aliphatic carbocycles. The number of para-hydroxylation sites is 1. The fraction of sp³-hybridized carbons (Fsp3) is 0.269. The molecule has 31 heavy (non-hydrogen) atoms. The third-order valence-corrected chi connectivity index (χ3v) is 5.54. The zero-order valence-corrected chi connectivity index (χ0v) is 18.0. The summed E-state index contributed by atoms with van der Waals surface area (Å²) >= 11 is 0. The lowest BCUT2D eigenvalue weighted by Gasteiger charge is -2.32. The Kier molecular flexibility index (Phi) is 6.97. The number of benzene rings is 3. The predicted molar refractivity (Wildman–Crippen MR) is 123 cm³/mol. The predicted octanol–water partition coefficient (Wildman–Crippen LogP) is 4.16. The van der Waals surface area contributed by atoms with Crippen LogP contribution in [-0.2, 0) is 13.1 Å². The number of ether oxygens (including phenoxy) is 1. The largest absolute Gasteiger partial charge is 0.457 e. The number of likely N-dealkylation sites (N-methyl/N-ethyl adjacent to an activating group) is 1. The van der Waals surface area contributed by atoms with Crippen LogP contribution in [0.15, 0.2) is 78.9 Å². The van der Waals surface area contributed by atoms with Gasteiger partial charge in [0.15, 0.2) is 0 Å². The van der Waals surface area contributed by atoms with E-state index < -0.39 is 0 Å². The SMILES string of the molecule is CN1CCN(Cc2cccc(CNC(=O)c3ccc(Oc4ccccc4)cc3)c2)CC1. The second kappa shape index (κ2) is 10.2. The molecule has 1 heterocycles. The van der Waals surface area contributed by atoms with Crippen LogP contribution in [0.25, 0.3) is 0 Å². The van der Waals surface area contributed by atoms with Crippen LogP contribution in [0.4, 0.5) is 0 Å². The zero-order valence-electron chi connectivity index (χ0n) is 18.0. The zero-order chi connectivity index (χ0) is 21.5. The number of hydrogen-bond donors (Lipinski definition) is 1. The van der Waals surface area contributed by atoms with Gasteiger partial charge in [-0.1, -0.05) is 42.5 Å². The molecule has 3 aromatic rings. The quantitative estimate of drug-likeness (QED) is 0.630. The van der Waals surface area contributed by atoms with E-state index >= 15 is 0 Å². The average molecular weight is 416 g/mol. The minimum Gasteiger partial charge on any atom is -0.457 e. The van der Waals surface area contributed by atoms with Crippen molar-refractivity contribution in [1.29, 1.82) is 0 Å². The Morgan fingerprint density at radius 2 is 1.52 bits per heavy atom. The Morgan fingerprint density at radius 3 is 2.26 bits per heavy atom. The maximum Gasteiger partial charge on any atom is 0.251 e. The van der Waals surface area contributed by atoms with E-state index in [1.807, 2.05) is 42.5 Å². The summed E-state index contributed by atoms with van der Waals surface area (Å²) in [4.78, 5) is 17.4. The Labute approximate surface area is 184 Å². The van der Waals surface area contributed by atoms with Crippen LogP contribution < -0.4 is 10.1 Å². The molecule has 0 spiro atoms. The molecule has 1 aliphatic heterocycles. The standard InChI is InChI=1S/C26H29N3O2/c1-28-14-16-29(17-15-28)20-22-7-5-6-21(18-22)19-27-26(30)23-10-12-25(13-11-23)31-24-8-3-2-4-9-24/h2-13,18H,14-17,19-20H2,1H3,(H,27,30). The molecule has 0 bridgehead atoms. The van der Waals surface area contributed by atoms with Crippen molar-refractivity contribution in [2.24, 2.45) is 0 Å². The first-order valence-electron chi connectivity index (χ1n) is 10.8. The van der Waals surface area contributed by atoms with E-state index in [0.717, 1.165) is 44.0 Å². The monoisotopic (exact) mass is 415 g/mol. The fourth-order valence-corrected chi connectivity index (χ4v) is 3.69. The molecule has 1 fully saturated rings.